The Kier molecular flexibility index (Phi) is 6.97. The summed E-state index contributed by atoms with van der Waals surface area (Å²) in [5, 5.41) is 2.49. The molecule has 0 atom stereocenters. The second kappa shape index (κ2) is 8.76. The van der Waals surface area contributed by atoms with E-state index in [1.807, 2.05) is 5.32 Å². The molecule has 0 radical (unpaired) electrons. The number of hydrogen-bond donors (Lipinski definition) is 1. The average molecular weight is 312 g/mol. The molecule has 1 aromatic rings. The molecule has 0 saturated heterocycles. The van der Waals surface area contributed by atoms with Crippen molar-refractivity contribution in [1.29, 1.82) is 0 Å². The summed E-state index contributed by atoms with van der Waals surface area (Å²) < 4.78 is 9.15. The van der Waals surface area contributed by atoms with Gasteiger partial charge in [0.1, 0.15) is 0 Å². The highest BCUT2D eigenvalue weighted by Gasteiger charge is 2.09. The highest BCUT2D eigenvalue weighted by atomic mass is 35.5. The van der Waals surface area contributed by atoms with Crippen LogP contribution in [0, 0.1) is 0 Å². The number of esters is 1. The molecular formula is C14H14ClNO5. The van der Waals surface area contributed by atoms with Crippen molar-refractivity contribution in [3.05, 3.63) is 40.9 Å². The van der Waals surface area contributed by atoms with Crippen LogP contribution in [0.1, 0.15) is 12.5 Å². The number of ether oxygens (including phenoxy) is 2. The second-order valence-electron chi connectivity index (χ2n) is 3.76. The molecule has 1 N–H and O–H groups in total. The Hall–Kier alpha value is -2.34. The molecular weight excluding hydrogens is 298 g/mol. The van der Waals surface area contributed by atoms with Crippen molar-refractivity contribution in [2.45, 2.75) is 6.92 Å². The summed E-state index contributed by atoms with van der Waals surface area (Å²) in [6.45, 7) is 1.18. The normalized spacial score (nSPS) is 10.2. The zero-order valence-corrected chi connectivity index (χ0v) is 12.1. The molecule has 0 bridgehead atoms. The minimum atomic E-state index is -0.879. The lowest BCUT2D eigenvalue weighted by molar-refractivity contribution is -0.143. The van der Waals surface area contributed by atoms with Gasteiger partial charge in [0.2, 0.25) is 0 Å². The van der Waals surface area contributed by atoms with Crippen LogP contribution in [-0.4, -0.2) is 31.2 Å². The van der Waals surface area contributed by atoms with E-state index in [2.05, 4.69) is 9.47 Å². The first-order valence-electron chi connectivity index (χ1n) is 6.08. The summed E-state index contributed by atoms with van der Waals surface area (Å²) in [5.41, 5.74) is 0.757. The fraction of sp³-hybridized carbons (Fsp3) is 0.214. The Bertz CT molecular complexity index is 539. The summed E-state index contributed by atoms with van der Waals surface area (Å²) in [7, 11) is 0. The van der Waals surface area contributed by atoms with Crippen LogP contribution in [0.4, 0.5) is 4.79 Å². The van der Waals surface area contributed by atoms with E-state index in [1.54, 1.807) is 31.2 Å². The van der Waals surface area contributed by atoms with Gasteiger partial charge < -0.3 is 9.47 Å². The molecule has 0 aliphatic heterocycles. The molecule has 21 heavy (non-hydrogen) atoms. The maximum Gasteiger partial charge on any atom is 0.413 e. The first-order valence-corrected chi connectivity index (χ1v) is 6.46. The van der Waals surface area contributed by atoms with E-state index >= 15 is 0 Å². The third-order valence-electron chi connectivity index (χ3n) is 2.14. The molecule has 6 nitrogen and oxygen atoms in total. The minimum Gasteiger partial charge on any atom is -0.452 e. The van der Waals surface area contributed by atoms with Crippen molar-refractivity contribution in [2.75, 3.05) is 13.2 Å². The Labute approximate surface area is 126 Å². The molecule has 0 unspecified atom stereocenters. The molecule has 0 saturated carbocycles. The van der Waals surface area contributed by atoms with Crippen molar-refractivity contribution in [1.82, 2.24) is 5.32 Å². The Morgan fingerprint density at radius 3 is 2.48 bits per heavy atom. The molecule has 0 spiro atoms. The maximum absolute atomic E-state index is 11.4. The zero-order valence-electron chi connectivity index (χ0n) is 11.3. The fourth-order valence-corrected chi connectivity index (χ4v) is 1.37. The van der Waals surface area contributed by atoms with E-state index in [1.165, 1.54) is 12.2 Å². The molecule has 0 heterocycles. The van der Waals surface area contributed by atoms with Crippen molar-refractivity contribution in [3.63, 3.8) is 0 Å². The summed E-state index contributed by atoms with van der Waals surface area (Å²) in [6, 6.07) is 6.80. The van der Waals surface area contributed by atoms with E-state index in [0.29, 0.717) is 5.02 Å². The van der Waals surface area contributed by atoms with Gasteiger partial charge in [0.15, 0.2) is 6.61 Å². The highest BCUT2D eigenvalue weighted by Crippen LogP contribution is 2.10. The number of carbonyl (C=O) groups is 3. The minimum absolute atomic E-state index is 0.142. The second-order valence-corrected chi connectivity index (χ2v) is 4.20. The van der Waals surface area contributed by atoms with Crippen LogP contribution in [0.5, 0.6) is 0 Å². The van der Waals surface area contributed by atoms with E-state index in [9.17, 15) is 14.4 Å². The largest absolute Gasteiger partial charge is 0.452 e. The molecule has 1 aromatic carbocycles. The van der Waals surface area contributed by atoms with Crippen LogP contribution in [0.2, 0.25) is 5.02 Å². The van der Waals surface area contributed by atoms with E-state index in [0.717, 1.165) is 5.56 Å². The fourth-order valence-electron chi connectivity index (χ4n) is 1.24. The number of imide groups is 1. The molecule has 2 amide bonds. The average Bonchev–Trinajstić information content (AvgIpc) is 2.44. The van der Waals surface area contributed by atoms with Gasteiger partial charge in [-0.05, 0) is 30.7 Å². The number of amides is 2. The Balaban J connectivity index is 2.35. The molecule has 1 rings (SSSR count). The SMILES string of the molecule is CCOC(=O)NC(=O)COC(=O)C=Cc1ccc(Cl)cc1. The lowest BCUT2D eigenvalue weighted by Gasteiger charge is -2.04. The first-order chi connectivity index (χ1) is 10.0. The van der Waals surface area contributed by atoms with Gasteiger partial charge in [-0.25, -0.2) is 9.59 Å². The van der Waals surface area contributed by atoms with Gasteiger partial charge in [0.25, 0.3) is 5.91 Å². The number of benzene rings is 1. The molecule has 7 heteroatoms. The first kappa shape index (κ1) is 16.7. The van der Waals surface area contributed by atoms with Gasteiger partial charge in [0, 0.05) is 11.1 Å². The highest BCUT2D eigenvalue weighted by molar-refractivity contribution is 6.30. The molecule has 0 fully saturated rings. The number of hydrogen-bond acceptors (Lipinski definition) is 5. The number of halogens is 1. The molecule has 0 aliphatic carbocycles. The number of nitrogens with one attached hydrogen (secondary N) is 1. The third-order valence-corrected chi connectivity index (χ3v) is 2.40. The topological polar surface area (TPSA) is 81.7 Å². The van der Waals surface area contributed by atoms with Gasteiger partial charge in [-0.2, -0.15) is 0 Å². The smallest absolute Gasteiger partial charge is 0.413 e. The zero-order chi connectivity index (χ0) is 15.7. The van der Waals surface area contributed by atoms with Gasteiger partial charge in [-0.15, -0.1) is 0 Å². The van der Waals surface area contributed by atoms with Gasteiger partial charge >= 0.3 is 12.1 Å². The summed E-state index contributed by atoms with van der Waals surface area (Å²) in [4.78, 5) is 33.5. The monoisotopic (exact) mass is 311 g/mol. The van der Waals surface area contributed by atoms with Crippen LogP contribution in [0.25, 0.3) is 6.08 Å². The Morgan fingerprint density at radius 2 is 1.86 bits per heavy atom. The van der Waals surface area contributed by atoms with Crippen LogP contribution < -0.4 is 5.32 Å². The molecule has 0 aromatic heterocycles. The van der Waals surface area contributed by atoms with Crippen molar-refractivity contribution >= 4 is 35.6 Å². The summed E-state index contributed by atoms with van der Waals surface area (Å²) in [5.74, 6) is -1.47. The quantitative estimate of drug-likeness (QED) is 0.665. The van der Waals surface area contributed by atoms with Crippen molar-refractivity contribution in [3.8, 4) is 0 Å². The summed E-state index contributed by atoms with van der Waals surface area (Å²) >= 11 is 5.72. The number of alkyl carbamates (subject to hydrolysis) is 1. The van der Waals surface area contributed by atoms with Crippen LogP contribution in [0.3, 0.4) is 0 Å². The lowest BCUT2D eigenvalue weighted by atomic mass is 10.2. The predicted octanol–water partition coefficient (Wildman–Crippen LogP) is 2.17. The van der Waals surface area contributed by atoms with E-state index in [4.69, 9.17) is 11.6 Å². The van der Waals surface area contributed by atoms with Crippen molar-refractivity contribution < 1.29 is 23.9 Å². The maximum atomic E-state index is 11.4. The van der Waals surface area contributed by atoms with E-state index in [-0.39, 0.29) is 6.61 Å². The van der Waals surface area contributed by atoms with Crippen LogP contribution in [0.15, 0.2) is 30.3 Å². The standard InChI is InChI=1S/C14H14ClNO5/c1-2-20-14(19)16-12(17)9-21-13(18)8-5-10-3-6-11(15)7-4-10/h3-8H,2,9H2,1H3,(H,16,17,19). The third kappa shape index (κ3) is 7.12. The summed E-state index contributed by atoms with van der Waals surface area (Å²) in [6.07, 6.45) is 1.80. The molecule has 112 valence electrons. The van der Waals surface area contributed by atoms with Gasteiger partial charge in [-0.1, -0.05) is 23.7 Å². The van der Waals surface area contributed by atoms with Crippen molar-refractivity contribution in [2.24, 2.45) is 0 Å². The molecule has 0 aliphatic rings. The predicted molar refractivity (Wildman–Crippen MR) is 76.6 cm³/mol. The van der Waals surface area contributed by atoms with Gasteiger partial charge in [-0.3, -0.25) is 10.1 Å². The lowest BCUT2D eigenvalue weighted by Crippen LogP contribution is -2.34. The van der Waals surface area contributed by atoms with Crippen LogP contribution in [-0.2, 0) is 19.1 Å². The number of rotatable bonds is 5. The number of carbonyl (C=O) groups excluding carboxylic acids is 3. The van der Waals surface area contributed by atoms with Crippen LogP contribution >= 0.6 is 11.6 Å². The Morgan fingerprint density at radius 1 is 1.19 bits per heavy atom. The van der Waals surface area contributed by atoms with Gasteiger partial charge in [0.05, 0.1) is 6.61 Å². The van der Waals surface area contributed by atoms with E-state index < -0.39 is 24.6 Å².